The summed E-state index contributed by atoms with van der Waals surface area (Å²) < 4.78 is 6.03. The second-order valence-corrected chi connectivity index (χ2v) is 6.19. The van der Waals surface area contributed by atoms with E-state index in [0.717, 1.165) is 38.7 Å². The highest BCUT2D eigenvalue weighted by Crippen LogP contribution is 2.42. The van der Waals surface area contributed by atoms with Crippen LogP contribution in [0.1, 0.15) is 64.7 Å². The fraction of sp³-hybridized carbons (Fsp3) is 1.00. The first-order valence-electron chi connectivity index (χ1n) is 7.67. The molecule has 0 aromatic carbocycles. The summed E-state index contributed by atoms with van der Waals surface area (Å²) in [5.74, 6) is 0.221. The maximum Gasteiger partial charge on any atom is 0.0829 e. The molecule has 1 saturated carbocycles. The van der Waals surface area contributed by atoms with Crippen molar-refractivity contribution in [2.45, 2.75) is 82.5 Å². The van der Waals surface area contributed by atoms with Gasteiger partial charge in [0.05, 0.1) is 17.8 Å². The summed E-state index contributed by atoms with van der Waals surface area (Å²) in [6.45, 7) is 2.79. The van der Waals surface area contributed by atoms with E-state index >= 15 is 0 Å². The molecule has 3 heteroatoms. The lowest BCUT2D eigenvalue weighted by atomic mass is 9.74. The normalized spacial score (nSPS) is 31.2. The first-order valence-corrected chi connectivity index (χ1v) is 7.67. The highest BCUT2D eigenvalue weighted by atomic mass is 16.5. The molecule has 0 aromatic heterocycles. The fourth-order valence-electron chi connectivity index (χ4n) is 3.68. The van der Waals surface area contributed by atoms with Crippen molar-refractivity contribution in [3.63, 3.8) is 0 Å². The lowest BCUT2D eigenvalue weighted by Gasteiger charge is -2.45. The largest absolute Gasteiger partial charge is 0.390 e. The van der Waals surface area contributed by atoms with Crippen molar-refractivity contribution in [3.05, 3.63) is 0 Å². The van der Waals surface area contributed by atoms with Gasteiger partial charge in [-0.25, -0.2) is 0 Å². The second kappa shape index (κ2) is 6.36. The minimum absolute atomic E-state index is 0.0219. The van der Waals surface area contributed by atoms with E-state index in [1.807, 2.05) is 6.92 Å². The molecular formula is C15H28O3. The summed E-state index contributed by atoms with van der Waals surface area (Å²) in [7, 11) is 0. The average molecular weight is 256 g/mol. The molecule has 3 atom stereocenters. The molecule has 3 unspecified atom stereocenters. The van der Waals surface area contributed by atoms with Gasteiger partial charge < -0.3 is 14.9 Å². The minimum atomic E-state index is -0.562. The Hall–Kier alpha value is -0.120. The molecule has 2 fully saturated rings. The van der Waals surface area contributed by atoms with Gasteiger partial charge in [-0.05, 0) is 38.0 Å². The van der Waals surface area contributed by atoms with Crippen molar-refractivity contribution in [3.8, 4) is 0 Å². The van der Waals surface area contributed by atoms with Gasteiger partial charge in [-0.15, -0.1) is 0 Å². The maximum atomic E-state index is 10.3. The Morgan fingerprint density at radius 1 is 1.22 bits per heavy atom. The molecule has 1 saturated heterocycles. The van der Waals surface area contributed by atoms with Crippen LogP contribution >= 0.6 is 0 Å². The molecule has 0 radical (unpaired) electrons. The lowest BCUT2D eigenvalue weighted by molar-refractivity contribution is -0.146. The van der Waals surface area contributed by atoms with Crippen LogP contribution in [-0.4, -0.2) is 34.6 Å². The maximum absolute atomic E-state index is 10.3. The Balaban J connectivity index is 1.93. The third-order valence-electron chi connectivity index (χ3n) is 4.76. The van der Waals surface area contributed by atoms with Crippen LogP contribution in [0.15, 0.2) is 0 Å². The lowest BCUT2D eigenvalue weighted by Crippen LogP contribution is -2.46. The minimum Gasteiger partial charge on any atom is -0.390 e. The standard InChI is InChI=1S/C15H28O3/c1-2-6-13(16)14(17)12-7-10-18-15(11-12)8-4-3-5-9-15/h12-14,16-17H,2-11H2,1H3. The summed E-state index contributed by atoms with van der Waals surface area (Å²) in [5.41, 5.74) is 0.0219. The van der Waals surface area contributed by atoms with E-state index in [0.29, 0.717) is 6.42 Å². The fourth-order valence-corrected chi connectivity index (χ4v) is 3.68. The summed E-state index contributed by atoms with van der Waals surface area (Å²) >= 11 is 0. The van der Waals surface area contributed by atoms with Crippen molar-refractivity contribution in [1.82, 2.24) is 0 Å². The third-order valence-corrected chi connectivity index (χ3v) is 4.76. The van der Waals surface area contributed by atoms with Crippen LogP contribution < -0.4 is 0 Å². The summed E-state index contributed by atoms with van der Waals surface area (Å²) in [6.07, 6.45) is 8.43. The van der Waals surface area contributed by atoms with Gasteiger partial charge in [0.2, 0.25) is 0 Å². The predicted molar refractivity (Wildman–Crippen MR) is 71.4 cm³/mol. The van der Waals surface area contributed by atoms with E-state index in [9.17, 15) is 10.2 Å². The van der Waals surface area contributed by atoms with Gasteiger partial charge in [0.25, 0.3) is 0 Å². The molecule has 3 nitrogen and oxygen atoms in total. The Morgan fingerprint density at radius 2 is 1.94 bits per heavy atom. The molecule has 106 valence electrons. The highest BCUT2D eigenvalue weighted by molar-refractivity contribution is 4.92. The zero-order valence-electron chi connectivity index (χ0n) is 11.6. The van der Waals surface area contributed by atoms with Crippen molar-refractivity contribution in [2.24, 2.45) is 5.92 Å². The van der Waals surface area contributed by atoms with Crippen LogP contribution in [0.25, 0.3) is 0 Å². The van der Waals surface area contributed by atoms with Gasteiger partial charge in [0, 0.05) is 6.61 Å². The van der Waals surface area contributed by atoms with E-state index in [2.05, 4.69) is 0 Å². The summed E-state index contributed by atoms with van der Waals surface area (Å²) in [6, 6.07) is 0. The van der Waals surface area contributed by atoms with Crippen molar-refractivity contribution < 1.29 is 14.9 Å². The van der Waals surface area contributed by atoms with Crippen LogP contribution in [0, 0.1) is 5.92 Å². The molecule has 2 aliphatic rings. The molecule has 1 heterocycles. The highest BCUT2D eigenvalue weighted by Gasteiger charge is 2.41. The van der Waals surface area contributed by atoms with Crippen LogP contribution in [0.3, 0.4) is 0 Å². The van der Waals surface area contributed by atoms with Crippen molar-refractivity contribution in [2.75, 3.05) is 6.61 Å². The number of aliphatic hydroxyl groups is 2. The van der Waals surface area contributed by atoms with Gasteiger partial charge >= 0.3 is 0 Å². The molecule has 1 aliphatic carbocycles. The SMILES string of the molecule is CCCC(O)C(O)C1CCOC2(CCCCC2)C1. The molecule has 1 aliphatic heterocycles. The average Bonchev–Trinajstić information content (AvgIpc) is 2.39. The summed E-state index contributed by atoms with van der Waals surface area (Å²) in [5, 5.41) is 20.2. The zero-order valence-corrected chi connectivity index (χ0v) is 11.6. The Bertz CT molecular complexity index is 243. The van der Waals surface area contributed by atoms with Gasteiger partial charge in [-0.2, -0.15) is 0 Å². The first-order chi connectivity index (χ1) is 8.67. The molecule has 2 N–H and O–H groups in total. The van der Waals surface area contributed by atoms with Crippen LogP contribution in [-0.2, 0) is 4.74 Å². The van der Waals surface area contributed by atoms with Crippen molar-refractivity contribution >= 4 is 0 Å². The zero-order chi connectivity index (χ0) is 13.0. The van der Waals surface area contributed by atoms with Crippen LogP contribution in [0.5, 0.6) is 0 Å². The smallest absolute Gasteiger partial charge is 0.0829 e. The predicted octanol–water partition coefficient (Wildman–Crippen LogP) is 2.64. The Labute approximate surface area is 111 Å². The van der Waals surface area contributed by atoms with Gasteiger partial charge in [0.15, 0.2) is 0 Å². The monoisotopic (exact) mass is 256 g/mol. The van der Waals surface area contributed by atoms with Crippen LogP contribution in [0.4, 0.5) is 0 Å². The molecule has 1 spiro atoms. The quantitative estimate of drug-likeness (QED) is 0.813. The number of hydrogen-bond acceptors (Lipinski definition) is 3. The second-order valence-electron chi connectivity index (χ2n) is 6.19. The van der Waals surface area contributed by atoms with Crippen molar-refractivity contribution in [1.29, 1.82) is 0 Å². The Kier molecular flexibility index (Phi) is 5.05. The number of ether oxygens (including phenoxy) is 1. The van der Waals surface area contributed by atoms with Gasteiger partial charge in [0.1, 0.15) is 0 Å². The summed E-state index contributed by atoms with van der Waals surface area (Å²) in [4.78, 5) is 0. The first kappa shape index (κ1) is 14.3. The van der Waals surface area contributed by atoms with E-state index in [4.69, 9.17) is 4.74 Å². The molecular weight excluding hydrogens is 228 g/mol. The topological polar surface area (TPSA) is 49.7 Å². The number of aliphatic hydroxyl groups excluding tert-OH is 2. The van der Waals surface area contributed by atoms with Gasteiger partial charge in [-0.3, -0.25) is 0 Å². The third kappa shape index (κ3) is 3.25. The number of hydrogen-bond donors (Lipinski definition) is 2. The van der Waals surface area contributed by atoms with E-state index in [1.165, 1.54) is 19.3 Å². The number of rotatable bonds is 4. The molecule has 0 amide bonds. The van der Waals surface area contributed by atoms with E-state index < -0.39 is 12.2 Å². The van der Waals surface area contributed by atoms with Gasteiger partial charge in [-0.1, -0.05) is 32.6 Å². The van der Waals surface area contributed by atoms with E-state index in [-0.39, 0.29) is 11.5 Å². The Morgan fingerprint density at radius 3 is 2.61 bits per heavy atom. The molecule has 0 bridgehead atoms. The van der Waals surface area contributed by atoms with E-state index in [1.54, 1.807) is 0 Å². The molecule has 0 aromatic rings. The molecule has 18 heavy (non-hydrogen) atoms. The van der Waals surface area contributed by atoms with Crippen LogP contribution in [0.2, 0.25) is 0 Å². The molecule has 2 rings (SSSR count).